The number of carbonyl (C=O) groups excluding carboxylic acids is 1. The Morgan fingerprint density at radius 3 is 2.31 bits per heavy atom. The molecule has 0 radical (unpaired) electrons. The number of amides is 1. The molecule has 0 unspecified atom stereocenters. The van der Waals surface area contributed by atoms with Gasteiger partial charge in [-0.2, -0.15) is 0 Å². The number of piperazine rings is 1. The molecule has 0 bridgehead atoms. The Balaban J connectivity index is 1.18. The molecule has 3 aliphatic rings. The molecule has 0 N–H and O–H groups in total. The van der Waals surface area contributed by atoms with Crippen molar-refractivity contribution in [2.24, 2.45) is 0 Å². The molecule has 152 valence electrons. The average molecular weight is 395 g/mol. The Morgan fingerprint density at radius 2 is 1.55 bits per heavy atom. The van der Waals surface area contributed by atoms with E-state index in [9.17, 15) is 4.79 Å². The molecule has 8 heteroatoms. The van der Waals surface area contributed by atoms with Gasteiger partial charge >= 0.3 is 0 Å². The summed E-state index contributed by atoms with van der Waals surface area (Å²) in [5, 5.41) is 0. The second kappa shape index (κ2) is 7.77. The smallest absolute Gasteiger partial charge is 0.231 e. The van der Waals surface area contributed by atoms with Crippen molar-refractivity contribution in [2.45, 2.75) is 19.3 Å². The van der Waals surface area contributed by atoms with E-state index in [0.717, 1.165) is 54.9 Å². The molecule has 1 amide bonds. The summed E-state index contributed by atoms with van der Waals surface area (Å²) in [7, 11) is 0. The number of aromatic nitrogens is 2. The third-order valence-corrected chi connectivity index (χ3v) is 5.82. The van der Waals surface area contributed by atoms with Crippen LogP contribution in [0.15, 0.2) is 30.6 Å². The molecule has 0 spiro atoms. The standard InChI is InChI=1S/C21H25N5O3/c27-21(12-16-3-4-17-18(11-16)29-15-28-17)26-9-7-25(8-10-26)20-13-19(22-14-23-20)24-5-1-2-6-24/h3-4,11,13-14H,1-2,5-10,12,15H2. The number of fused-ring (bicyclic) bond motifs is 1. The van der Waals surface area contributed by atoms with Crippen molar-refractivity contribution in [3.8, 4) is 11.5 Å². The Kier molecular flexibility index (Phi) is 4.83. The molecule has 5 rings (SSSR count). The van der Waals surface area contributed by atoms with Crippen LogP contribution in [0.1, 0.15) is 18.4 Å². The molecule has 2 aromatic rings. The van der Waals surface area contributed by atoms with Gasteiger partial charge in [0.25, 0.3) is 0 Å². The Bertz CT molecular complexity index is 892. The van der Waals surface area contributed by atoms with Gasteiger partial charge in [0, 0.05) is 45.3 Å². The van der Waals surface area contributed by atoms with Gasteiger partial charge in [-0.3, -0.25) is 4.79 Å². The largest absolute Gasteiger partial charge is 0.454 e. The van der Waals surface area contributed by atoms with E-state index in [4.69, 9.17) is 9.47 Å². The molecule has 2 saturated heterocycles. The van der Waals surface area contributed by atoms with E-state index >= 15 is 0 Å². The molecule has 0 saturated carbocycles. The molecule has 0 aliphatic carbocycles. The fraction of sp³-hybridized carbons (Fsp3) is 0.476. The molecular formula is C21H25N5O3. The first-order valence-corrected chi connectivity index (χ1v) is 10.2. The van der Waals surface area contributed by atoms with Gasteiger partial charge in [-0.1, -0.05) is 6.07 Å². The lowest BCUT2D eigenvalue weighted by Gasteiger charge is -2.35. The first kappa shape index (κ1) is 18.0. The maximum absolute atomic E-state index is 12.7. The molecule has 4 heterocycles. The lowest BCUT2D eigenvalue weighted by Crippen LogP contribution is -2.49. The zero-order chi connectivity index (χ0) is 19.6. The van der Waals surface area contributed by atoms with Crippen molar-refractivity contribution >= 4 is 17.5 Å². The molecule has 1 aromatic carbocycles. The van der Waals surface area contributed by atoms with Gasteiger partial charge in [0.2, 0.25) is 12.7 Å². The topological polar surface area (TPSA) is 71.0 Å². The minimum Gasteiger partial charge on any atom is -0.454 e. The van der Waals surface area contributed by atoms with Gasteiger partial charge in [-0.15, -0.1) is 0 Å². The fourth-order valence-corrected chi connectivity index (χ4v) is 4.15. The van der Waals surface area contributed by atoms with E-state index in [-0.39, 0.29) is 12.7 Å². The van der Waals surface area contributed by atoms with Gasteiger partial charge in [-0.05, 0) is 30.5 Å². The number of anilines is 2. The molecule has 1 aromatic heterocycles. The number of nitrogens with zero attached hydrogens (tertiary/aromatic N) is 5. The van der Waals surface area contributed by atoms with Crippen LogP contribution in [0.5, 0.6) is 11.5 Å². The summed E-state index contributed by atoms with van der Waals surface area (Å²) in [6.07, 6.45) is 4.48. The zero-order valence-corrected chi connectivity index (χ0v) is 16.4. The summed E-state index contributed by atoms with van der Waals surface area (Å²) in [5.41, 5.74) is 0.952. The van der Waals surface area contributed by atoms with E-state index in [0.29, 0.717) is 19.5 Å². The van der Waals surface area contributed by atoms with E-state index in [1.54, 1.807) is 6.33 Å². The lowest BCUT2D eigenvalue weighted by atomic mass is 10.1. The molecular weight excluding hydrogens is 370 g/mol. The van der Waals surface area contributed by atoms with Crippen LogP contribution >= 0.6 is 0 Å². The summed E-state index contributed by atoms with van der Waals surface area (Å²) in [5.74, 6) is 3.56. The third kappa shape index (κ3) is 3.79. The van der Waals surface area contributed by atoms with Crippen LogP contribution in [0.3, 0.4) is 0 Å². The maximum atomic E-state index is 12.7. The first-order chi connectivity index (χ1) is 14.3. The fourth-order valence-electron chi connectivity index (χ4n) is 4.15. The number of benzene rings is 1. The number of hydrogen-bond donors (Lipinski definition) is 0. The number of carbonyl (C=O) groups is 1. The van der Waals surface area contributed by atoms with E-state index < -0.39 is 0 Å². The van der Waals surface area contributed by atoms with Crippen LogP contribution < -0.4 is 19.3 Å². The van der Waals surface area contributed by atoms with Crippen LogP contribution in [0, 0.1) is 0 Å². The predicted molar refractivity (Wildman–Crippen MR) is 109 cm³/mol. The van der Waals surface area contributed by atoms with Crippen LogP contribution in [-0.4, -0.2) is 66.8 Å². The second-order valence-corrected chi connectivity index (χ2v) is 7.66. The summed E-state index contributed by atoms with van der Waals surface area (Å²) in [4.78, 5) is 28.1. The van der Waals surface area contributed by atoms with E-state index in [2.05, 4.69) is 25.8 Å². The monoisotopic (exact) mass is 395 g/mol. The van der Waals surface area contributed by atoms with Gasteiger partial charge in [0.05, 0.1) is 6.42 Å². The van der Waals surface area contributed by atoms with Crippen molar-refractivity contribution < 1.29 is 14.3 Å². The maximum Gasteiger partial charge on any atom is 0.231 e. The van der Waals surface area contributed by atoms with Crippen molar-refractivity contribution in [3.05, 3.63) is 36.2 Å². The van der Waals surface area contributed by atoms with Crippen LogP contribution in [0.25, 0.3) is 0 Å². The third-order valence-electron chi connectivity index (χ3n) is 5.82. The highest BCUT2D eigenvalue weighted by Gasteiger charge is 2.24. The van der Waals surface area contributed by atoms with Gasteiger partial charge in [0.1, 0.15) is 18.0 Å². The normalized spacial score (nSPS) is 18.4. The molecule has 3 aliphatic heterocycles. The number of hydrogen-bond acceptors (Lipinski definition) is 7. The molecule has 2 fully saturated rings. The van der Waals surface area contributed by atoms with E-state index in [1.807, 2.05) is 23.1 Å². The average Bonchev–Trinajstić information content (AvgIpc) is 3.46. The molecule has 29 heavy (non-hydrogen) atoms. The molecule has 0 atom stereocenters. The van der Waals surface area contributed by atoms with E-state index in [1.165, 1.54) is 12.8 Å². The van der Waals surface area contributed by atoms with Crippen molar-refractivity contribution in [2.75, 3.05) is 55.9 Å². The minimum atomic E-state index is 0.143. The zero-order valence-electron chi connectivity index (χ0n) is 16.4. The Hall–Kier alpha value is -3.03. The van der Waals surface area contributed by atoms with Crippen LogP contribution in [0.4, 0.5) is 11.6 Å². The van der Waals surface area contributed by atoms with Gasteiger partial charge < -0.3 is 24.2 Å². The summed E-state index contributed by atoms with van der Waals surface area (Å²) in [6, 6.07) is 7.78. The summed E-state index contributed by atoms with van der Waals surface area (Å²) < 4.78 is 10.7. The van der Waals surface area contributed by atoms with Crippen LogP contribution in [-0.2, 0) is 11.2 Å². The van der Waals surface area contributed by atoms with Crippen molar-refractivity contribution in [1.29, 1.82) is 0 Å². The predicted octanol–water partition coefficient (Wildman–Crippen LogP) is 1.70. The Morgan fingerprint density at radius 1 is 0.862 bits per heavy atom. The number of rotatable bonds is 4. The highest BCUT2D eigenvalue weighted by Crippen LogP contribution is 2.32. The highest BCUT2D eigenvalue weighted by atomic mass is 16.7. The second-order valence-electron chi connectivity index (χ2n) is 7.66. The van der Waals surface area contributed by atoms with Crippen molar-refractivity contribution in [1.82, 2.24) is 14.9 Å². The SMILES string of the molecule is O=C(Cc1ccc2c(c1)OCO2)N1CCN(c2cc(N3CCCC3)ncn2)CC1. The Labute approximate surface area is 170 Å². The summed E-state index contributed by atoms with van der Waals surface area (Å²) >= 11 is 0. The quantitative estimate of drug-likeness (QED) is 0.780. The first-order valence-electron chi connectivity index (χ1n) is 10.2. The lowest BCUT2D eigenvalue weighted by molar-refractivity contribution is -0.130. The van der Waals surface area contributed by atoms with Crippen LogP contribution in [0.2, 0.25) is 0 Å². The van der Waals surface area contributed by atoms with Gasteiger partial charge in [0.15, 0.2) is 11.5 Å². The highest BCUT2D eigenvalue weighted by molar-refractivity contribution is 5.79. The number of ether oxygens (including phenoxy) is 2. The van der Waals surface area contributed by atoms with Gasteiger partial charge in [-0.25, -0.2) is 9.97 Å². The minimum absolute atomic E-state index is 0.143. The summed E-state index contributed by atoms with van der Waals surface area (Å²) in [6.45, 7) is 5.35. The van der Waals surface area contributed by atoms with Crippen molar-refractivity contribution in [3.63, 3.8) is 0 Å². The molecule has 8 nitrogen and oxygen atoms in total.